The zero-order valence-electron chi connectivity index (χ0n) is 8.32. The van der Waals surface area contributed by atoms with Gasteiger partial charge in [0.1, 0.15) is 5.56 Å². The highest BCUT2D eigenvalue weighted by Crippen LogP contribution is 2.22. The van der Waals surface area contributed by atoms with Gasteiger partial charge in [0.2, 0.25) is 0 Å². The Labute approximate surface area is 91.4 Å². The van der Waals surface area contributed by atoms with E-state index in [1.807, 2.05) is 13.0 Å². The molecule has 4 nitrogen and oxygen atoms in total. The number of esters is 1. The maximum absolute atomic E-state index is 11.4. The van der Waals surface area contributed by atoms with Crippen molar-refractivity contribution in [1.29, 1.82) is 0 Å². The Hall–Kier alpha value is -1.55. The van der Waals surface area contributed by atoms with E-state index in [1.54, 1.807) is 10.6 Å². The highest BCUT2D eigenvalue weighted by atomic mass is 35.5. The summed E-state index contributed by atoms with van der Waals surface area (Å²) in [6.07, 6.45) is 1.46. The maximum Gasteiger partial charge on any atom is 0.341 e. The first-order chi connectivity index (χ1) is 7.15. The Balaban J connectivity index is 2.79. The summed E-state index contributed by atoms with van der Waals surface area (Å²) in [5.41, 5.74) is 1.87. The fraction of sp³-hybridized carbons (Fsp3) is 0.200. The van der Waals surface area contributed by atoms with E-state index in [0.29, 0.717) is 16.1 Å². The molecule has 0 radical (unpaired) electrons. The van der Waals surface area contributed by atoms with Gasteiger partial charge in [-0.25, -0.2) is 9.31 Å². The first kappa shape index (κ1) is 9.98. The van der Waals surface area contributed by atoms with Gasteiger partial charge in [0.05, 0.1) is 23.8 Å². The molecule has 0 aliphatic rings. The number of aryl methyl sites for hydroxylation is 1. The third kappa shape index (κ3) is 1.47. The average molecular weight is 225 g/mol. The molecule has 5 heteroatoms. The van der Waals surface area contributed by atoms with Crippen molar-refractivity contribution >= 4 is 23.1 Å². The van der Waals surface area contributed by atoms with Crippen LogP contribution in [0.2, 0.25) is 5.02 Å². The number of pyridine rings is 1. The highest BCUT2D eigenvalue weighted by Gasteiger charge is 2.16. The molecule has 0 amide bonds. The van der Waals surface area contributed by atoms with E-state index in [9.17, 15) is 4.79 Å². The van der Waals surface area contributed by atoms with Crippen LogP contribution < -0.4 is 0 Å². The molecule has 2 aromatic heterocycles. The van der Waals surface area contributed by atoms with Crippen LogP contribution in [0.5, 0.6) is 0 Å². The van der Waals surface area contributed by atoms with E-state index in [4.69, 9.17) is 11.6 Å². The minimum atomic E-state index is -0.433. The third-order valence-corrected chi connectivity index (χ3v) is 2.51. The Morgan fingerprint density at radius 3 is 2.93 bits per heavy atom. The van der Waals surface area contributed by atoms with Crippen molar-refractivity contribution in [2.45, 2.75) is 6.92 Å². The van der Waals surface area contributed by atoms with Gasteiger partial charge < -0.3 is 4.74 Å². The molecule has 0 N–H and O–H groups in total. The summed E-state index contributed by atoms with van der Waals surface area (Å²) in [4.78, 5) is 11.4. The fourth-order valence-corrected chi connectivity index (χ4v) is 1.69. The number of hydrogen-bond donors (Lipinski definition) is 0. The van der Waals surface area contributed by atoms with Gasteiger partial charge in [-0.3, -0.25) is 0 Å². The van der Waals surface area contributed by atoms with Gasteiger partial charge >= 0.3 is 5.97 Å². The van der Waals surface area contributed by atoms with Crippen LogP contribution in [-0.4, -0.2) is 22.7 Å². The number of rotatable bonds is 1. The molecule has 0 atom stereocenters. The molecule has 0 aliphatic carbocycles. The molecule has 0 saturated carbocycles. The monoisotopic (exact) mass is 224 g/mol. The zero-order chi connectivity index (χ0) is 11.0. The largest absolute Gasteiger partial charge is 0.465 e. The van der Waals surface area contributed by atoms with Crippen molar-refractivity contribution in [2.75, 3.05) is 7.11 Å². The van der Waals surface area contributed by atoms with Gasteiger partial charge in [-0.15, -0.1) is 0 Å². The molecule has 0 unspecified atom stereocenters. The maximum atomic E-state index is 11.4. The molecular formula is C10H9ClN2O2. The summed E-state index contributed by atoms with van der Waals surface area (Å²) in [7, 11) is 1.33. The zero-order valence-corrected chi connectivity index (χ0v) is 9.08. The second-order valence-electron chi connectivity index (χ2n) is 3.13. The summed E-state index contributed by atoms with van der Waals surface area (Å²) in [5.74, 6) is -0.433. The smallest absolute Gasteiger partial charge is 0.341 e. The van der Waals surface area contributed by atoms with Crippen LogP contribution in [-0.2, 0) is 4.74 Å². The Bertz CT molecular complexity index is 533. The quantitative estimate of drug-likeness (QED) is 0.697. The summed E-state index contributed by atoms with van der Waals surface area (Å²) in [6.45, 7) is 1.89. The van der Waals surface area contributed by atoms with Gasteiger partial charge in [0.15, 0.2) is 0 Å². The number of carbonyl (C=O) groups excluding carboxylic acids is 1. The van der Waals surface area contributed by atoms with Gasteiger partial charge in [0, 0.05) is 5.69 Å². The second kappa shape index (κ2) is 3.55. The summed E-state index contributed by atoms with van der Waals surface area (Å²) in [6, 6.07) is 3.57. The van der Waals surface area contributed by atoms with Crippen molar-refractivity contribution in [2.24, 2.45) is 0 Å². The molecular weight excluding hydrogens is 216 g/mol. The van der Waals surface area contributed by atoms with E-state index in [-0.39, 0.29) is 0 Å². The lowest BCUT2D eigenvalue weighted by Crippen LogP contribution is -2.01. The summed E-state index contributed by atoms with van der Waals surface area (Å²) >= 11 is 6.01. The Morgan fingerprint density at radius 1 is 1.53 bits per heavy atom. The Morgan fingerprint density at radius 2 is 2.27 bits per heavy atom. The first-order valence-corrected chi connectivity index (χ1v) is 4.74. The minimum absolute atomic E-state index is 0.381. The molecule has 78 valence electrons. The van der Waals surface area contributed by atoms with E-state index < -0.39 is 5.97 Å². The van der Waals surface area contributed by atoms with Crippen molar-refractivity contribution < 1.29 is 9.53 Å². The van der Waals surface area contributed by atoms with E-state index in [2.05, 4.69) is 9.84 Å². The first-order valence-electron chi connectivity index (χ1n) is 4.36. The number of carbonyl (C=O) groups is 1. The molecule has 15 heavy (non-hydrogen) atoms. The summed E-state index contributed by atoms with van der Waals surface area (Å²) < 4.78 is 6.27. The van der Waals surface area contributed by atoms with Crippen molar-refractivity contribution in [3.63, 3.8) is 0 Å². The van der Waals surface area contributed by atoms with Crippen LogP contribution in [0.25, 0.3) is 5.52 Å². The van der Waals surface area contributed by atoms with Gasteiger partial charge in [0.25, 0.3) is 0 Å². The molecule has 2 aromatic rings. The molecule has 2 heterocycles. The van der Waals surface area contributed by atoms with Crippen LogP contribution in [0.15, 0.2) is 18.3 Å². The standard InChI is InChI=1S/C10H9ClN2O2/c1-6-3-4-8(11)9-7(10(14)15-2)5-12-13(6)9/h3-5H,1-2H3. The molecule has 2 rings (SSSR count). The van der Waals surface area contributed by atoms with Gasteiger partial charge in [-0.1, -0.05) is 11.6 Å². The van der Waals surface area contributed by atoms with Crippen LogP contribution in [0.3, 0.4) is 0 Å². The van der Waals surface area contributed by atoms with E-state index in [1.165, 1.54) is 13.3 Å². The van der Waals surface area contributed by atoms with Crippen LogP contribution >= 0.6 is 11.6 Å². The number of hydrogen-bond acceptors (Lipinski definition) is 3. The lowest BCUT2D eigenvalue weighted by molar-refractivity contribution is 0.0603. The second-order valence-corrected chi connectivity index (χ2v) is 3.54. The van der Waals surface area contributed by atoms with Gasteiger partial charge in [-0.05, 0) is 19.1 Å². The average Bonchev–Trinajstić information content (AvgIpc) is 2.68. The van der Waals surface area contributed by atoms with E-state index >= 15 is 0 Å². The molecule has 0 saturated heterocycles. The summed E-state index contributed by atoms with van der Waals surface area (Å²) in [5, 5.41) is 4.56. The topological polar surface area (TPSA) is 43.6 Å². The van der Waals surface area contributed by atoms with Gasteiger partial charge in [-0.2, -0.15) is 5.10 Å². The van der Waals surface area contributed by atoms with E-state index in [0.717, 1.165) is 5.69 Å². The van der Waals surface area contributed by atoms with Crippen LogP contribution in [0.1, 0.15) is 16.1 Å². The number of fused-ring (bicyclic) bond motifs is 1. The normalized spacial score (nSPS) is 10.6. The highest BCUT2D eigenvalue weighted by molar-refractivity contribution is 6.34. The molecule has 0 fully saturated rings. The van der Waals surface area contributed by atoms with Crippen LogP contribution in [0, 0.1) is 6.92 Å². The molecule has 0 aromatic carbocycles. The number of methoxy groups -OCH3 is 1. The Kier molecular flexibility index (Phi) is 2.36. The molecule has 0 spiro atoms. The minimum Gasteiger partial charge on any atom is -0.465 e. The number of ether oxygens (including phenoxy) is 1. The number of aromatic nitrogens is 2. The lowest BCUT2D eigenvalue weighted by atomic mass is 10.2. The number of halogens is 1. The predicted molar refractivity (Wildman–Crippen MR) is 56.3 cm³/mol. The SMILES string of the molecule is COC(=O)c1cnn2c(C)ccc(Cl)c12. The predicted octanol–water partition coefficient (Wildman–Crippen LogP) is 2.08. The fourth-order valence-electron chi connectivity index (χ4n) is 1.45. The lowest BCUT2D eigenvalue weighted by Gasteiger charge is -2.02. The third-order valence-electron chi connectivity index (χ3n) is 2.21. The van der Waals surface area contributed by atoms with Crippen molar-refractivity contribution in [3.05, 3.63) is 34.6 Å². The molecule has 0 aliphatic heterocycles. The van der Waals surface area contributed by atoms with Crippen molar-refractivity contribution in [3.8, 4) is 0 Å². The number of nitrogens with zero attached hydrogens (tertiary/aromatic N) is 2. The van der Waals surface area contributed by atoms with Crippen molar-refractivity contribution in [1.82, 2.24) is 9.61 Å². The molecule has 0 bridgehead atoms. The van der Waals surface area contributed by atoms with Crippen LogP contribution in [0.4, 0.5) is 0 Å².